The van der Waals surface area contributed by atoms with Gasteiger partial charge in [0.25, 0.3) is 0 Å². The van der Waals surface area contributed by atoms with Gasteiger partial charge in [-0.05, 0) is 30.5 Å². The average molecular weight is 296 g/mol. The lowest BCUT2D eigenvalue weighted by molar-refractivity contribution is -0.147. The zero-order valence-electron chi connectivity index (χ0n) is 9.49. The van der Waals surface area contributed by atoms with Gasteiger partial charge < -0.3 is 0 Å². The van der Waals surface area contributed by atoms with Crippen molar-refractivity contribution in [2.24, 2.45) is 0 Å². The number of halogens is 1. The summed E-state index contributed by atoms with van der Waals surface area (Å²) in [6.45, 7) is 0.494. The van der Waals surface area contributed by atoms with E-state index in [9.17, 15) is 9.59 Å². The fourth-order valence-electron chi connectivity index (χ4n) is 1.98. The van der Waals surface area contributed by atoms with E-state index in [1.165, 1.54) is 4.90 Å². The van der Waals surface area contributed by atoms with Gasteiger partial charge in [0.2, 0.25) is 11.8 Å². The number of imide groups is 1. The first-order chi connectivity index (χ1) is 8.16. The van der Waals surface area contributed by atoms with Crippen molar-refractivity contribution in [3.05, 3.63) is 34.3 Å². The van der Waals surface area contributed by atoms with Gasteiger partial charge in [0.1, 0.15) is 0 Å². The van der Waals surface area contributed by atoms with Gasteiger partial charge >= 0.3 is 0 Å². The molecule has 0 radical (unpaired) electrons. The number of piperidine rings is 1. The molecule has 1 aliphatic rings. The van der Waals surface area contributed by atoms with E-state index in [0.29, 0.717) is 25.8 Å². The van der Waals surface area contributed by atoms with E-state index in [1.54, 1.807) is 0 Å². The maximum absolute atomic E-state index is 11.6. The highest BCUT2D eigenvalue weighted by molar-refractivity contribution is 9.10. The van der Waals surface area contributed by atoms with Gasteiger partial charge in [-0.3, -0.25) is 14.5 Å². The number of carbonyl (C=O) groups is 2. The van der Waals surface area contributed by atoms with E-state index in [2.05, 4.69) is 15.9 Å². The summed E-state index contributed by atoms with van der Waals surface area (Å²) in [6, 6.07) is 7.93. The molecule has 1 aromatic carbocycles. The number of hydrogen-bond acceptors (Lipinski definition) is 2. The molecule has 2 amide bonds. The van der Waals surface area contributed by atoms with Crippen LogP contribution in [0.2, 0.25) is 0 Å². The summed E-state index contributed by atoms with van der Waals surface area (Å²) in [5.74, 6) is -0.0625. The molecule has 0 spiro atoms. The molecule has 0 bridgehead atoms. The van der Waals surface area contributed by atoms with Crippen molar-refractivity contribution >= 4 is 27.7 Å². The van der Waals surface area contributed by atoms with Crippen LogP contribution < -0.4 is 0 Å². The Bertz CT molecular complexity index is 429. The largest absolute Gasteiger partial charge is 0.282 e. The third-order valence-corrected chi connectivity index (χ3v) is 3.39. The molecular weight excluding hydrogens is 282 g/mol. The molecule has 0 saturated carbocycles. The number of hydrogen-bond donors (Lipinski definition) is 0. The minimum atomic E-state index is -0.0313. The van der Waals surface area contributed by atoms with Crippen LogP contribution >= 0.6 is 15.9 Å². The maximum atomic E-state index is 11.6. The fourth-order valence-corrected chi connectivity index (χ4v) is 2.43. The van der Waals surface area contributed by atoms with Crippen LogP contribution in [0.15, 0.2) is 28.7 Å². The van der Waals surface area contributed by atoms with Crippen molar-refractivity contribution in [3.63, 3.8) is 0 Å². The fraction of sp³-hybridized carbons (Fsp3) is 0.385. The number of benzene rings is 1. The maximum Gasteiger partial charge on any atom is 0.229 e. The molecule has 1 fully saturated rings. The van der Waals surface area contributed by atoms with Crippen LogP contribution in [0.25, 0.3) is 0 Å². The lowest BCUT2D eigenvalue weighted by Crippen LogP contribution is -2.41. The molecule has 0 atom stereocenters. The number of likely N-dealkylation sites (tertiary alicyclic amines) is 1. The number of carbonyl (C=O) groups excluding carboxylic acids is 2. The Morgan fingerprint density at radius 3 is 2.53 bits per heavy atom. The quantitative estimate of drug-likeness (QED) is 0.804. The minimum Gasteiger partial charge on any atom is -0.282 e. The van der Waals surface area contributed by atoms with Crippen LogP contribution in [0.5, 0.6) is 0 Å². The highest BCUT2D eigenvalue weighted by atomic mass is 79.9. The number of amides is 2. The Hall–Kier alpha value is -1.16. The van der Waals surface area contributed by atoms with Crippen LogP contribution in [-0.2, 0) is 16.0 Å². The van der Waals surface area contributed by atoms with Crippen molar-refractivity contribution in [1.82, 2.24) is 4.90 Å². The molecule has 1 aliphatic heterocycles. The van der Waals surface area contributed by atoms with Crippen LogP contribution in [0.3, 0.4) is 0 Å². The molecule has 1 aromatic rings. The van der Waals surface area contributed by atoms with Crippen molar-refractivity contribution < 1.29 is 9.59 Å². The van der Waals surface area contributed by atoms with E-state index in [-0.39, 0.29) is 11.8 Å². The molecule has 0 unspecified atom stereocenters. The predicted octanol–water partition coefficient (Wildman–Crippen LogP) is 2.53. The van der Waals surface area contributed by atoms with E-state index in [0.717, 1.165) is 16.5 Å². The van der Waals surface area contributed by atoms with Crippen LogP contribution in [-0.4, -0.2) is 23.3 Å². The Morgan fingerprint density at radius 1 is 1.18 bits per heavy atom. The first kappa shape index (κ1) is 12.3. The summed E-state index contributed by atoms with van der Waals surface area (Å²) >= 11 is 3.40. The van der Waals surface area contributed by atoms with Crippen molar-refractivity contribution in [2.45, 2.75) is 25.7 Å². The summed E-state index contributed by atoms with van der Waals surface area (Å²) in [4.78, 5) is 24.6. The van der Waals surface area contributed by atoms with E-state index >= 15 is 0 Å². The SMILES string of the molecule is O=C1CCCC(=O)N1CCc1cccc(Br)c1. The topological polar surface area (TPSA) is 37.4 Å². The molecule has 4 heteroatoms. The first-order valence-electron chi connectivity index (χ1n) is 5.74. The molecule has 2 rings (SSSR count). The van der Waals surface area contributed by atoms with Crippen LogP contribution in [0.1, 0.15) is 24.8 Å². The Labute approximate surface area is 109 Å². The summed E-state index contributed by atoms with van der Waals surface area (Å²) < 4.78 is 1.02. The molecule has 1 heterocycles. The second kappa shape index (κ2) is 5.45. The summed E-state index contributed by atoms with van der Waals surface area (Å²) in [5, 5.41) is 0. The van der Waals surface area contributed by atoms with Gasteiger partial charge in [-0.15, -0.1) is 0 Å². The third kappa shape index (κ3) is 3.16. The average Bonchev–Trinajstić information content (AvgIpc) is 2.28. The molecule has 0 aromatic heterocycles. The molecule has 90 valence electrons. The van der Waals surface area contributed by atoms with E-state index in [4.69, 9.17) is 0 Å². The minimum absolute atomic E-state index is 0.0313. The second-order valence-electron chi connectivity index (χ2n) is 4.17. The molecule has 17 heavy (non-hydrogen) atoms. The van der Waals surface area contributed by atoms with Gasteiger partial charge in [0.15, 0.2) is 0 Å². The Morgan fingerprint density at radius 2 is 1.88 bits per heavy atom. The zero-order chi connectivity index (χ0) is 12.3. The normalized spacial score (nSPS) is 16.4. The third-order valence-electron chi connectivity index (χ3n) is 2.90. The molecular formula is C13H14BrNO2. The number of nitrogens with zero attached hydrogens (tertiary/aromatic N) is 1. The smallest absolute Gasteiger partial charge is 0.229 e. The van der Waals surface area contributed by atoms with Crippen molar-refractivity contribution in [1.29, 1.82) is 0 Å². The van der Waals surface area contributed by atoms with E-state index in [1.807, 2.05) is 24.3 Å². The van der Waals surface area contributed by atoms with Gasteiger partial charge in [0, 0.05) is 23.9 Å². The monoisotopic (exact) mass is 295 g/mol. The van der Waals surface area contributed by atoms with Crippen molar-refractivity contribution in [3.8, 4) is 0 Å². The highest BCUT2D eigenvalue weighted by Gasteiger charge is 2.25. The van der Waals surface area contributed by atoms with Gasteiger partial charge in [0.05, 0.1) is 0 Å². The molecule has 1 saturated heterocycles. The van der Waals surface area contributed by atoms with Crippen LogP contribution in [0, 0.1) is 0 Å². The molecule has 0 N–H and O–H groups in total. The van der Waals surface area contributed by atoms with Gasteiger partial charge in [-0.1, -0.05) is 28.1 Å². The highest BCUT2D eigenvalue weighted by Crippen LogP contribution is 2.15. The Kier molecular flexibility index (Phi) is 3.94. The summed E-state index contributed by atoms with van der Waals surface area (Å²) in [7, 11) is 0. The summed E-state index contributed by atoms with van der Waals surface area (Å²) in [6.07, 6.45) is 2.43. The predicted molar refractivity (Wildman–Crippen MR) is 68.4 cm³/mol. The lowest BCUT2D eigenvalue weighted by Gasteiger charge is -2.24. The molecule has 3 nitrogen and oxygen atoms in total. The zero-order valence-corrected chi connectivity index (χ0v) is 11.1. The van der Waals surface area contributed by atoms with Gasteiger partial charge in [-0.2, -0.15) is 0 Å². The molecule has 0 aliphatic carbocycles. The Balaban J connectivity index is 1.97. The number of rotatable bonds is 3. The summed E-state index contributed by atoms with van der Waals surface area (Å²) in [5.41, 5.74) is 1.13. The van der Waals surface area contributed by atoms with Crippen LogP contribution in [0.4, 0.5) is 0 Å². The standard InChI is InChI=1S/C13H14BrNO2/c14-11-4-1-3-10(9-11)7-8-15-12(16)5-2-6-13(15)17/h1,3-4,9H,2,5-8H2. The first-order valence-corrected chi connectivity index (χ1v) is 6.54. The lowest BCUT2D eigenvalue weighted by atomic mass is 10.1. The van der Waals surface area contributed by atoms with E-state index < -0.39 is 0 Å². The van der Waals surface area contributed by atoms with Gasteiger partial charge in [-0.25, -0.2) is 0 Å². The van der Waals surface area contributed by atoms with Crippen molar-refractivity contribution in [2.75, 3.05) is 6.54 Å². The second-order valence-corrected chi connectivity index (χ2v) is 5.09.